The van der Waals surface area contributed by atoms with Gasteiger partial charge >= 0.3 is 0 Å². The first-order valence-corrected chi connectivity index (χ1v) is 13.2. The largest absolute Gasteiger partial charge is 0.381 e. The van der Waals surface area contributed by atoms with Crippen LogP contribution in [0.25, 0.3) is 11.2 Å². The first-order chi connectivity index (χ1) is 17.2. The van der Waals surface area contributed by atoms with Crippen LogP contribution in [-0.2, 0) is 9.53 Å². The normalized spacial score (nSPS) is 23.1. The monoisotopic (exact) mass is 551 g/mol. The number of nitrogens with zero attached hydrogens (tertiary/aromatic N) is 4. The van der Waals surface area contributed by atoms with Gasteiger partial charge in [0.1, 0.15) is 5.52 Å². The number of rotatable bonds is 6. The van der Waals surface area contributed by atoms with Gasteiger partial charge in [-0.25, -0.2) is 9.97 Å². The minimum atomic E-state index is -0.516. The topological polar surface area (TPSA) is 120 Å². The zero-order valence-electron chi connectivity index (χ0n) is 19.9. The van der Waals surface area contributed by atoms with Crippen LogP contribution in [0.15, 0.2) is 18.3 Å². The molecule has 1 saturated heterocycles. The molecular formula is C24H28Cl3N7O2. The molecule has 0 atom stereocenters. The molecule has 1 saturated carbocycles. The summed E-state index contributed by atoms with van der Waals surface area (Å²) >= 11 is 18.9. The van der Waals surface area contributed by atoms with Gasteiger partial charge in [0.25, 0.3) is 0 Å². The van der Waals surface area contributed by atoms with E-state index >= 15 is 0 Å². The van der Waals surface area contributed by atoms with Crippen molar-refractivity contribution in [3.05, 3.63) is 33.4 Å². The van der Waals surface area contributed by atoms with Crippen molar-refractivity contribution >= 4 is 69.5 Å². The SMILES string of the molecule is CC1(C(N)=O)CCC(n2c(Nc3ccc(Cl)c(Cl)c3Cl)nc3cnc(NC4CCOCC4)nc32)CC1. The molecule has 3 aromatic rings. The van der Waals surface area contributed by atoms with E-state index in [0.29, 0.717) is 51.6 Å². The molecule has 2 aliphatic rings. The van der Waals surface area contributed by atoms with Crippen LogP contribution in [0.1, 0.15) is 51.5 Å². The number of primary amides is 1. The van der Waals surface area contributed by atoms with Crippen molar-refractivity contribution in [1.82, 2.24) is 19.5 Å². The van der Waals surface area contributed by atoms with E-state index in [9.17, 15) is 4.79 Å². The van der Waals surface area contributed by atoms with E-state index in [1.165, 1.54) is 0 Å². The van der Waals surface area contributed by atoms with Crippen LogP contribution in [0.3, 0.4) is 0 Å². The molecule has 1 aliphatic carbocycles. The quantitative estimate of drug-likeness (QED) is 0.334. The van der Waals surface area contributed by atoms with Gasteiger partial charge in [-0.1, -0.05) is 41.7 Å². The van der Waals surface area contributed by atoms with E-state index in [-0.39, 0.29) is 23.0 Å². The fourth-order valence-electron chi connectivity index (χ4n) is 4.91. The van der Waals surface area contributed by atoms with Crippen molar-refractivity contribution in [3.63, 3.8) is 0 Å². The highest BCUT2D eigenvalue weighted by atomic mass is 35.5. The van der Waals surface area contributed by atoms with Crippen molar-refractivity contribution in [2.75, 3.05) is 23.8 Å². The van der Waals surface area contributed by atoms with Gasteiger partial charge in [0.15, 0.2) is 5.65 Å². The summed E-state index contributed by atoms with van der Waals surface area (Å²) in [6.45, 7) is 3.37. The first kappa shape index (κ1) is 25.3. The molecule has 5 rings (SSSR count). The second-order valence-corrected chi connectivity index (χ2v) is 10.9. The Morgan fingerprint density at radius 3 is 2.53 bits per heavy atom. The highest BCUT2D eigenvalue weighted by molar-refractivity contribution is 6.49. The molecule has 1 amide bonds. The number of fused-ring (bicyclic) bond motifs is 1. The standard InChI is InChI=1S/C24H28Cl3N7O2/c1-24(21(28)35)8-4-14(5-9-24)34-20-17(12-29-22(33-20)30-13-6-10-36-11-7-13)32-23(34)31-16-3-2-15(25)18(26)19(16)27/h2-3,12-14H,4-11H2,1H3,(H2,28,35)(H,31,32)(H,29,30,33). The van der Waals surface area contributed by atoms with Gasteiger partial charge in [0.05, 0.1) is 27.0 Å². The number of amides is 1. The van der Waals surface area contributed by atoms with Crippen molar-refractivity contribution in [3.8, 4) is 0 Å². The molecule has 1 aromatic carbocycles. The number of ether oxygens (including phenoxy) is 1. The third kappa shape index (κ3) is 4.94. The van der Waals surface area contributed by atoms with Crippen molar-refractivity contribution in [1.29, 1.82) is 0 Å². The molecule has 0 radical (unpaired) electrons. The summed E-state index contributed by atoms with van der Waals surface area (Å²) in [6, 6.07) is 3.75. The molecule has 3 heterocycles. The second-order valence-electron chi connectivity index (χ2n) is 9.74. The molecule has 0 bridgehead atoms. The van der Waals surface area contributed by atoms with Gasteiger partial charge in [-0.05, 0) is 50.7 Å². The number of imidazole rings is 1. The number of carbonyl (C=O) groups excluding carboxylic acids is 1. The van der Waals surface area contributed by atoms with Gasteiger partial charge < -0.3 is 21.1 Å². The lowest BCUT2D eigenvalue weighted by molar-refractivity contribution is -0.128. The Labute approximate surface area is 224 Å². The molecule has 36 heavy (non-hydrogen) atoms. The highest BCUT2D eigenvalue weighted by Gasteiger charge is 2.37. The zero-order chi connectivity index (χ0) is 25.4. The summed E-state index contributed by atoms with van der Waals surface area (Å²) in [5.41, 5.74) is 7.10. The number of nitrogens with two attached hydrogens (primary N) is 1. The number of halogens is 3. The maximum Gasteiger partial charge on any atom is 0.224 e. The minimum absolute atomic E-state index is 0.0531. The molecule has 2 fully saturated rings. The molecule has 2 aromatic heterocycles. The van der Waals surface area contributed by atoms with Gasteiger partial charge in [-0.15, -0.1) is 0 Å². The Morgan fingerprint density at radius 1 is 1.11 bits per heavy atom. The number of anilines is 3. The Bertz CT molecular complexity index is 1280. The van der Waals surface area contributed by atoms with Crippen LogP contribution < -0.4 is 16.4 Å². The Morgan fingerprint density at radius 2 is 1.83 bits per heavy atom. The van der Waals surface area contributed by atoms with E-state index in [4.69, 9.17) is 55.2 Å². The van der Waals surface area contributed by atoms with Crippen LogP contribution in [0.4, 0.5) is 17.6 Å². The molecule has 4 N–H and O–H groups in total. The van der Waals surface area contributed by atoms with Crippen LogP contribution >= 0.6 is 34.8 Å². The first-order valence-electron chi connectivity index (χ1n) is 12.0. The second kappa shape index (κ2) is 10.2. The van der Waals surface area contributed by atoms with Crippen molar-refractivity contribution in [2.45, 2.75) is 57.5 Å². The van der Waals surface area contributed by atoms with Crippen molar-refractivity contribution in [2.24, 2.45) is 11.1 Å². The summed E-state index contributed by atoms with van der Waals surface area (Å²) in [6.07, 6.45) is 6.38. The van der Waals surface area contributed by atoms with Gasteiger partial charge in [-0.2, -0.15) is 4.98 Å². The van der Waals surface area contributed by atoms with Crippen LogP contribution in [-0.4, -0.2) is 44.7 Å². The molecule has 9 nitrogen and oxygen atoms in total. The van der Waals surface area contributed by atoms with Crippen molar-refractivity contribution < 1.29 is 9.53 Å². The maximum atomic E-state index is 12.0. The predicted octanol–water partition coefficient (Wildman–Crippen LogP) is 5.73. The third-order valence-corrected chi connectivity index (χ3v) is 8.58. The Kier molecular flexibility index (Phi) is 7.18. The summed E-state index contributed by atoms with van der Waals surface area (Å²) in [5.74, 6) is 0.852. The third-order valence-electron chi connectivity index (χ3n) is 7.29. The fraction of sp³-hybridized carbons (Fsp3) is 0.500. The lowest BCUT2D eigenvalue weighted by atomic mass is 9.73. The average molecular weight is 553 g/mol. The number of hydrogen-bond acceptors (Lipinski definition) is 7. The lowest BCUT2D eigenvalue weighted by Gasteiger charge is -2.35. The number of aromatic nitrogens is 4. The number of benzene rings is 1. The summed E-state index contributed by atoms with van der Waals surface area (Å²) < 4.78 is 7.54. The zero-order valence-corrected chi connectivity index (χ0v) is 22.1. The van der Waals surface area contributed by atoms with Crippen LogP contribution in [0.2, 0.25) is 15.1 Å². The average Bonchev–Trinajstić information content (AvgIpc) is 3.22. The lowest BCUT2D eigenvalue weighted by Crippen LogP contribution is -2.38. The van der Waals surface area contributed by atoms with Gasteiger partial charge in [0, 0.05) is 30.7 Å². The van der Waals surface area contributed by atoms with Gasteiger partial charge in [0.2, 0.25) is 17.8 Å². The predicted molar refractivity (Wildman–Crippen MR) is 142 cm³/mol. The minimum Gasteiger partial charge on any atom is -0.381 e. The molecule has 0 spiro atoms. The smallest absolute Gasteiger partial charge is 0.224 e. The number of nitrogens with one attached hydrogen (secondary N) is 2. The summed E-state index contributed by atoms with van der Waals surface area (Å²) in [5, 5.41) is 7.70. The van der Waals surface area contributed by atoms with Crippen LogP contribution in [0, 0.1) is 5.41 Å². The summed E-state index contributed by atoms with van der Waals surface area (Å²) in [4.78, 5) is 26.2. The Hall–Kier alpha value is -2.33. The Balaban J connectivity index is 1.52. The highest BCUT2D eigenvalue weighted by Crippen LogP contribution is 2.43. The molecule has 12 heteroatoms. The molecular weight excluding hydrogens is 525 g/mol. The molecule has 0 unspecified atom stereocenters. The number of hydrogen-bond donors (Lipinski definition) is 3. The van der Waals surface area contributed by atoms with E-state index in [1.807, 2.05) is 6.92 Å². The summed E-state index contributed by atoms with van der Waals surface area (Å²) in [7, 11) is 0. The molecule has 192 valence electrons. The molecule has 1 aliphatic heterocycles. The van der Waals surface area contributed by atoms with E-state index < -0.39 is 5.41 Å². The number of carbonyl (C=O) groups is 1. The van der Waals surface area contributed by atoms with E-state index in [1.54, 1.807) is 18.3 Å². The fourth-order valence-corrected chi connectivity index (χ4v) is 5.49. The van der Waals surface area contributed by atoms with E-state index in [0.717, 1.165) is 38.9 Å². The van der Waals surface area contributed by atoms with Crippen LogP contribution in [0.5, 0.6) is 0 Å². The van der Waals surface area contributed by atoms with Gasteiger partial charge in [-0.3, -0.25) is 9.36 Å². The van der Waals surface area contributed by atoms with E-state index in [2.05, 4.69) is 20.2 Å². The maximum absolute atomic E-state index is 12.0.